The maximum Gasteiger partial charge on any atom is 0.341 e. The van der Waals surface area contributed by atoms with Crippen molar-refractivity contribution in [3.63, 3.8) is 0 Å². The van der Waals surface area contributed by atoms with Crippen LogP contribution in [0.15, 0.2) is 36.9 Å². The van der Waals surface area contributed by atoms with E-state index in [4.69, 9.17) is 9.84 Å². The van der Waals surface area contributed by atoms with Gasteiger partial charge < -0.3 is 20.1 Å². The van der Waals surface area contributed by atoms with Gasteiger partial charge in [0.05, 0.1) is 0 Å². The number of hydrogen-bond acceptors (Lipinski definition) is 3. The Morgan fingerprint density at radius 1 is 1.48 bits per heavy atom. The fourth-order valence-electron chi connectivity index (χ4n) is 1.60. The molecule has 0 fully saturated rings. The molecule has 0 aliphatic carbocycles. The van der Waals surface area contributed by atoms with Gasteiger partial charge in [0.25, 0.3) is 0 Å². The van der Waals surface area contributed by atoms with Gasteiger partial charge in [-0.25, -0.2) is 9.59 Å². The lowest BCUT2D eigenvalue weighted by molar-refractivity contribution is -0.139. The topological polar surface area (TPSA) is 78.9 Å². The fourth-order valence-corrected chi connectivity index (χ4v) is 1.60. The summed E-state index contributed by atoms with van der Waals surface area (Å²) in [6.45, 7) is 3.85. The predicted molar refractivity (Wildman–Crippen MR) is 80.7 cm³/mol. The summed E-state index contributed by atoms with van der Waals surface area (Å²) >= 11 is 0. The third-order valence-corrected chi connectivity index (χ3v) is 2.70. The number of carboxylic acids is 1. The molecule has 0 radical (unpaired) electrons. The molecule has 0 aliphatic heterocycles. The van der Waals surface area contributed by atoms with Crippen molar-refractivity contribution in [2.24, 2.45) is 0 Å². The van der Waals surface area contributed by atoms with Gasteiger partial charge in [-0.1, -0.05) is 12.1 Å². The molecule has 0 unspecified atom stereocenters. The average Bonchev–Trinajstić information content (AvgIpc) is 2.45. The van der Waals surface area contributed by atoms with E-state index in [1.165, 1.54) is 0 Å². The van der Waals surface area contributed by atoms with E-state index in [0.717, 1.165) is 12.8 Å². The molecule has 0 heterocycles. The lowest BCUT2D eigenvalue weighted by atomic mass is 10.3. The van der Waals surface area contributed by atoms with Crippen LogP contribution < -0.4 is 10.1 Å². The van der Waals surface area contributed by atoms with Crippen LogP contribution in [-0.4, -0.2) is 42.2 Å². The van der Waals surface area contributed by atoms with E-state index in [9.17, 15) is 9.59 Å². The van der Waals surface area contributed by atoms with E-state index in [2.05, 4.69) is 11.9 Å². The Morgan fingerprint density at radius 2 is 2.24 bits per heavy atom. The van der Waals surface area contributed by atoms with Crippen molar-refractivity contribution in [3.8, 4) is 5.75 Å². The van der Waals surface area contributed by atoms with Crippen LogP contribution in [-0.2, 0) is 4.79 Å². The molecule has 114 valence electrons. The van der Waals surface area contributed by atoms with Gasteiger partial charge in [-0.2, -0.15) is 0 Å². The van der Waals surface area contributed by atoms with E-state index in [1.54, 1.807) is 36.2 Å². The molecule has 2 N–H and O–H groups in total. The molecule has 2 amide bonds. The number of amides is 2. The Morgan fingerprint density at radius 3 is 2.90 bits per heavy atom. The number of nitrogens with one attached hydrogen (secondary N) is 1. The van der Waals surface area contributed by atoms with Crippen LogP contribution in [0.2, 0.25) is 0 Å². The van der Waals surface area contributed by atoms with Crippen LogP contribution >= 0.6 is 0 Å². The van der Waals surface area contributed by atoms with Crippen LogP contribution in [0.1, 0.15) is 12.8 Å². The van der Waals surface area contributed by atoms with Gasteiger partial charge in [0.1, 0.15) is 5.75 Å². The molecule has 6 nitrogen and oxygen atoms in total. The number of unbranched alkanes of at least 4 members (excludes halogenated alkanes) is 1. The van der Waals surface area contributed by atoms with Crippen LogP contribution in [0.25, 0.3) is 0 Å². The predicted octanol–water partition coefficient (Wildman–Crippen LogP) is 2.58. The third kappa shape index (κ3) is 6.47. The third-order valence-electron chi connectivity index (χ3n) is 2.70. The minimum Gasteiger partial charge on any atom is -0.482 e. The van der Waals surface area contributed by atoms with Crippen LogP contribution in [0.4, 0.5) is 10.5 Å². The van der Waals surface area contributed by atoms with E-state index < -0.39 is 12.6 Å². The van der Waals surface area contributed by atoms with Crippen LogP contribution in [0.5, 0.6) is 5.75 Å². The molecule has 0 aliphatic rings. The van der Waals surface area contributed by atoms with Gasteiger partial charge in [-0.15, -0.1) is 6.58 Å². The van der Waals surface area contributed by atoms with E-state index in [0.29, 0.717) is 18.0 Å². The van der Waals surface area contributed by atoms with Crippen molar-refractivity contribution in [1.29, 1.82) is 0 Å². The summed E-state index contributed by atoms with van der Waals surface area (Å²) in [5, 5.41) is 11.3. The highest BCUT2D eigenvalue weighted by Crippen LogP contribution is 2.17. The van der Waals surface area contributed by atoms with E-state index in [-0.39, 0.29) is 6.03 Å². The minimum atomic E-state index is -1.05. The smallest absolute Gasteiger partial charge is 0.341 e. The van der Waals surface area contributed by atoms with Gasteiger partial charge in [0.2, 0.25) is 0 Å². The zero-order valence-corrected chi connectivity index (χ0v) is 12.0. The molecule has 6 heteroatoms. The molecule has 0 spiro atoms. The second-order valence-electron chi connectivity index (χ2n) is 4.49. The monoisotopic (exact) mass is 292 g/mol. The molecular formula is C15H20N2O4. The van der Waals surface area contributed by atoms with Crippen molar-refractivity contribution in [1.82, 2.24) is 4.90 Å². The van der Waals surface area contributed by atoms with Crippen LogP contribution in [0.3, 0.4) is 0 Å². The summed E-state index contributed by atoms with van der Waals surface area (Å²) < 4.78 is 5.05. The number of ether oxygens (including phenoxy) is 1. The number of carboxylic acid groups (broad SMARTS) is 1. The number of allylic oxidation sites excluding steroid dienone is 1. The second kappa shape index (κ2) is 8.63. The number of anilines is 1. The molecule has 0 bridgehead atoms. The van der Waals surface area contributed by atoms with Crippen molar-refractivity contribution < 1.29 is 19.4 Å². The zero-order valence-electron chi connectivity index (χ0n) is 12.0. The van der Waals surface area contributed by atoms with Crippen molar-refractivity contribution in [3.05, 3.63) is 36.9 Å². The first-order chi connectivity index (χ1) is 10.0. The molecule has 1 aromatic rings. The standard InChI is InChI=1S/C15H20N2O4/c1-3-4-5-9-17(2)15(20)16-12-7-6-8-13(10-12)21-11-14(18)19/h3,6-8,10H,1,4-5,9,11H2,2H3,(H,16,20)(H,18,19). The summed E-state index contributed by atoms with van der Waals surface area (Å²) in [5.41, 5.74) is 0.554. The number of carbonyl (C=O) groups excluding carboxylic acids is 1. The van der Waals surface area contributed by atoms with Crippen molar-refractivity contribution >= 4 is 17.7 Å². The molecule has 1 aromatic carbocycles. The maximum atomic E-state index is 11.9. The number of benzene rings is 1. The molecule has 0 saturated carbocycles. The molecule has 1 rings (SSSR count). The number of carbonyl (C=O) groups is 2. The summed E-state index contributed by atoms with van der Waals surface area (Å²) in [5.74, 6) is -0.657. The molecule has 0 saturated heterocycles. The van der Waals surface area contributed by atoms with E-state index >= 15 is 0 Å². The van der Waals surface area contributed by atoms with Crippen LogP contribution in [0, 0.1) is 0 Å². The lowest BCUT2D eigenvalue weighted by Crippen LogP contribution is -2.32. The van der Waals surface area contributed by atoms with Crippen molar-refractivity contribution in [2.45, 2.75) is 12.8 Å². The maximum absolute atomic E-state index is 11.9. The van der Waals surface area contributed by atoms with Gasteiger partial charge >= 0.3 is 12.0 Å². The average molecular weight is 292 g/mol. The molecule has 0 atom stereocenters. The fraction of sp³-hybridized carbons (Fsp3) is 0.333. The Bertz CT molecular complexity index is 502. The summed E-state index contributed by atoms with van der Waals surface area (Å²) in [7, 11) is 1.71. The Labute approximate surface area is 124 Å². The number of nitrogens with zero attached hydrogens (tertiary/aromatic N) is 1. The minimum absolute atomic E-state index is 0.227. The number of aliphatic carboxylic acids is 1. The Balaban J connectivity index is 2.53. The normalized spacial score (nSPS) is 9.76. The SMILES string of the molecule is C=CCCCN(C)C(=O)Nc1cccc(OCC(=O)O)c1. The Kier molecular flexibility index (Phi) is 6.80. The van der Waals surface area contributed by atoms with Crippen molar-refractivity contribution in [2.75, 3.05) is 25.5 Å². The number of rotatable bonds is 8. The Hall–Kier alpha value is -2.50. The van der Waals surface area contributed by atoms with Gasteiger partial charge in [0.15, 0.2) is 6.61 Å². The van der Waals surface area contributed by atoms with E-state index in [1.807, 2.05) is 6.08 Å². The highest BCUT2D eigenvalue weighted by atomic mass is 16.5. The zero-order chi connectivity index (χ0) is 15.7. The van der Waals surface area contributed by atoms with Gasteiger partial charge in [0, 0.05) is 25.3 Å². The first kappa shape index (κ1) is 16.6. The molecular weight excluding hydrogens is 272 g/mol. The summed E-state index contributed by atoms with van der Waals surface area (Å²) in [6.07, 6.45) is 3.53. The summed E-state index contributed by atoms with van der Waals surface area (Å²) in [4.78, 5) is 24.0. The quantitative estimate of drug-likeness (QED) is 0.570. The van der Waals surface area contributed by atoms with Gasteiger partial charge in [-0.05, 0) is 25.0 Å². The first-order valence-electron chi connectivity index (χ1n) is 6.60. The molecule has 21 heavy (non-hydrogen) atoms. The van der Waals surface area contributed by atoms with Gasteiger partial charge in [-0.3, -0.25) is 0 Å². The first-order valence-corrected chi connectivity index (χ1v) is 6.60. The summed E-state index contributed by atoms with van der Waals surface area (Å²) in [6, 6.07) is 6.38. The highest BCUT2D eigenvalue weighted by Gasteiger charge is 2.08. The number of urea groups is 1. The second-order valence-corrected chi connectivity index (χ2v) is 4.49. The lowest BCUT2D eigenvalue weighted by Gasteiger charge is -2.17. The largest absolute Gasteiger partial charge is 0.482 e. The molecule has 0 aromatic heterocycles. The highest BCUT2D eigenvalue weighted by molar-refractivity contribution is 5.89. The number of hydrogen-bond donors (Lipinski definition) is 2.